The maximum absolute atomic E-state index is 13.1. The van der Waals surface area contributed by atoms with E-state index in [1.54, 1.807) is 0 Å². The van der Waals surface area contributed by atoms with E-state index in [1.807, 2.05) is 58.3 Å². The molecule has 2 aliphatic heterocycles. The Kier molecular flexibility index (Phi) is 5.63. The van der Waals surface area contributed by atoms with Gasteiger partial charge in [-0.1, -0.05) is 66.7 Å². The molecular weight excluding hydrogens is 398 g/mol. The third-order valence-corrected chi connectivity index (χ3v) is 6.43. The van der Waals surface area contributed by atoms with Crippen LogP contribution in [0.4, 0.5) is 10.5 Å². The number of nitrogens with zero attached hydrogens (tertiary/aromatic N) is 2. The molecule has 1 unspecified atom stereocenters. The van der Waals surface area contributed by atoms with Crippen molar-refractivity contribution in [3.8, 4) is 0 Å². The second kappa shape index (κ2) is 8.87. The third kappa shape index (κ3) is 4.24. The van der Waals surface area contributed by atoms with Gasteiger partial charge in [0.15, 0.2) is 0 Å². The Bertz CT molecular complexity index is 1110. The van der Waals surface area contributed by atoms with Gasteiger partial charge in [0, 0.05) is 44.2 Å². The lowest BCUT2D eigenvalue weighted by Crippen LogP contribution is -2.41. The molecule has 3 aromatic carbocycles. The molecule has 0 spiro atoms. The predicted octanol–water partition coefficient (Wildman–Crippen LogP) is 4.99. The molecule has 162 valence electrons. The summed E-state index contributed by atoms with van der Waals surface area (Å²) in [6, 6.07) is 26.5. The van der Waals surface area contributed by atoms with Crippen LogP contribution in [-0.4, -0.2) is 34.8 Å². The normalized spacial score (nSPS) is 17.9. The van der Waals surface area contributed by atoms with E-state index in [0.717, 1.165) is 24.2 Å². The highest BCUT2D eigenvalue weighted by atomic mass is 16.2. The molecule has 1 fully saturated rings. The highest BCUT2D eigenvalue weighted by Crippen LogP contribution is 2.33. The summed E-state index contributed by atoms with van der Waals surface area (Å²) in [5.41, 5.74) is 5.55. The lowest BCUT2D eigenvalue weighted by molar-refractivity contribution is -0.128. The quantitative estimate of drug-likeness (QED) is 0.640. The predicted molar refractivity (Wildman–Crippen MR) is 125 cm³/mol. The van der Waals surface area contributed by atoms with E-state index in [9.17, 15) is 9.59 Å². The van der Waals surface area contributed by atoms with Gasteiger partial charge in [0.1, 0.15) is 0 Å². The summed E-state index contributed by atoms with van der Waals surface area (Å²) in [7, 11) is 0. The first-order valence-corrected chi connectivity index (χ1v) is 11.2. The summed E-state index contributed by atoms with van der Waals surface area (Å²) in [6.45, 7) is 2.70. The van der Waals surface area contributed by atoms with E-state index in [1.165, 1.54) is 16.7 Å². The number of hydrogen-bond donors (Lipinski definition) is 1. The van der Waals surface area contributed by atoms with Crippen molar-refractivity contribution >= 4 is 17.6 Å². The minimum atomic E-state index is -0.0945. The highest BCUT2D eigenvalue weighted by Gasteiger charge is 2.29. The number of hydrogen-bond acceptors (Lipinski definition) is 2. The topological polar surface area (TPSA) is 52.7 Å². The molecule has 2 aliphatic rings. The Morgan fingerprint density at radius 2 is 1.69 bits per heavy atom. The fourth-order valence-corrected chi connectivity index (χ4v) is 4.72. The molecule has 5 rings (SSSR count). The van der Waals surface area contributed by atoms with Crippen LogP contribution in [0.2, 0.25) is 0 Å². The molecule has 0 radical (unpaired) electrons. The summed E-state index contributed by atoms with van der Waals surface area (Å²) in [4.78, 5) is 28.7. The van der Waals surface area contributed by atoms with Gasteiger partial charge in [0.25, 0.3) is 0 Å². The zero-order valence-electron chi connectivity index (χ0n) is 18.0. The Morgan fingerprint density at radius 3 is 2.44 bits per heavy atom. The molecule has 2 heterocycles. The molecular formula is C27H27N3O2. The minimum Gasteiger partial charge on any atom is -0.338 e. The molecule has 3 aromatic rings. The van der Waals surface area contributed by atoms with Gasteiger partial charge < -0.3 is 15.1 Å². The summed E-state index contributed by atoms with van der Waals surface area (Å²) >= 11 is 0. The van der Waals surface area contributed by atoms with Gasteiger partial charge >= 0.3 is 6.03 Å². The van der Waals surface area contributed by atoms with Gasteiger partial charge in [0.05, 0.1) is 0 Å². The molecule has 1 saturated heterocycles. The molecule has 0 bridgehead atoms. The van der Waals surface area contributed by atoms with Crippen molar-refractivity contribution in [1.82, 2.24) is 9.80 Å². The van der Waals surface area contributed by atoms with Crippen LogP contribution in [0, 0.1) is 0 Å². The Labute approximate surface area is 188 Å². The Morgan fingerprint density at radius 1 is 0.938 bits per heavy atom. The zero-order valence-corrected chi connectivity index (χ0v) is 18.0. The van der Waals surface area contributed by atoms with E-state index in [2.05, 4.69) is 35.6 Å². The Hall–Kier alpha value is -3.60. The summed E-state index contributed by atoms with van der Waals surface area (Å²) in [6.07, 6.45) is 1.59. The fourth-order valence-electron chi connectivity index (χ4n) is 4.72. The van der Waals surface area contributed by atoms with Crippen molar-refractivity contribution < 1.29 is 9.59 Å². The number of rotatable bonds is 4. The third-order valence-electron chi connectivity index (χ3n) is 6.43. The SMILES string of the molecule is O=C1CCCN1Cc1ccc(NC(=O)N2Cc3ccccc3C(c3ccccc3)C2)cc1. The number of benzene rings is 3. The maximum atomic E-state index is 13.1. The summed E-state index contributed by atoms with van der Waals surface area (Å²) in [5, 5.41) is 3.05. The number of likely N-dealkylation sites (tertiary alicyclic amines) is 1. The van der Waals surface area contributed by atoms with Crippen molar-refractivity contribution in [2.24, 2.45) is 0 Å². The molecule has 1 N–H and O–H groups in total. The van der Waals surface area contributed by atoms with Crippen molar-refractivity contribution in [3.63, 3.8) is 0 Å². The van der Waals surface area contributed by atoms with Crippen molar-refractivity contribution in [1.29, 1.82) is 0 Å². The number of fused-ring (bicyclic) bond motifs is 1. The van der Waals surface area contributed by atoms with Crippen molar-refractivity contribution in [2.45, 2.75) is 31.8 Å². The molecule has 0 aliphatic carbocycles. The molecule has 3 amide bonds. The van der Waals surface area contributed by atoms with Gasteiger partial charge in [0.2, 0.25) is 5.91 Å². The second-order valence-electron chi connectivity index (χ2n) is 8.59. The monoisotopic (exact) mass is 425 g/mol. The number of carbonyl (C=O) groups is 2. The van der Waals surface area contributed by atoms with Gasteiger partial charge in [-0.2, -0.15) is 0 Å². The first-order valence-electron chi connectivity index (χ1n) is 11.2. The largest absolute Gasteiger partial charge is 0.338 e. The first-order chi connectivity index (χ1) is 15.7. The average Bonchev–Trinajstić information content (AvgIpc) is 3.24. The van der Waals surface area contributed by atoms with Gasteiger partial charge in [-0.3, -0.25) is 4.79 Å². The van der Waals surface area contributed by atoms with Crippen LogP contribution in [0.3, 0.4) is 0 Å². The lowest BCUT2D eigenvalue weighted by Gasteiger charge is -2.35. The molecule has 5 heteroatoms. The van der Waals surface area contributed by atoms with Crippen LogP contribution in [0.5, 0.6) is 0 Å². The average molecular weight is 426 g/mol. The number of anilines is 1. The number of urea groups is 1. The fraction of sp³-hybridized carbons (Fsp3) is 0.259. The number of carbonyl (C=O) groups excluding carboxylic acids is 2. The van der Waals surface area contributed by atoms with Gasteiger partial charge in [-0.15, -0.1) is 0 Å². The van der Waals surface area contributed by atoms with E-state index < -0.39 is 0 Å². The van der Waals surface area contributed by atoms with E-state index >= 15 is 0 Å². The van der Waals surface area contributed by atoms with Crippen LogP contribution in [-0.2, 0) is 17.9 Å². The first kappa shape index (κ1) is 20.3. The zero-order chi connectivity index (χ0) is 21.9. The van der Waals surface area contributed by atoms with Crippen LogP contribution in [0.15, 0.2) is 78.9 Å². The van der Waals surface area contributed by atoms with Crippen molar-refractivity contribution in [3.05, 3.63) is 101 Å². The van der Waals surface area contributed by atoms with Crippen LogP contribution < -0.4 is 5.32 Å². The lowest BCUT2D eigenvalue weighted by atomic mass is 9.85. The molecule has 32 heavy (non-hydrogen) atoms. The Balaban J connectivity index is 1.29. The number of amides is 3. The van der Waals surface area contributed by atoms with E-state index in [4.69, 9.17) is 0 Å². The standard InChI is InChI=1S/C27H27N3O2/c31-26-11-6-16-29(26)17-20-12-14-23(15-13-20)28-27(32)30-18-22-9-4-5-10-24(22)25(19-30)21-7-2-1-3-8-21/h1-5,7-10,12-15,25H,6,11,16-19H2,(H,28,32). The minimum absolute atomic E-state index is 0.0945. The molecule has 5 nitrogen and oxygen atoms in total. The second-order valence-corrected chi connectivity index (χ2v) is 8.59. The van der Waals surface area contributed by atoms with Crippen molar-refractivity contribution in [2.75, 3.05) is 18.4 Å². The van der Waals surface area contributed by atoms with E-state index in [0.29, 0.717) is 26.1 Å². The highest BCUT2D eigenvalue weighted by molar-refractivity contribution is 5.89. The maximum Gasteiger partial charge on any atom is 0.322 e. The smallest absolute Gasteiger partial charge is 0.322 e. The van der Waals surface area contributed by atoms with Crippen LogP contribution in [0.25, 0.3) is 0 Å². The molecule has 0 aromatic heterocycles. The molecule has 1 atom stereocenters. The van der Waals surface area contributed by atoms with Gasteiger partial charge in [-0.25, -0.2) is 4.79 Å². The van der Waals surface area contributed by atoms with E-state index in [-0.39, 0.29) is 17.9 Å². The van der Waals surface area contributed by atoms with Crippen LogP contribution in [0.1, 0.15) is 41.0 Å². The summed E-state index contributed by atoms with van der Waals surface area (Å²) < 4.78 is 0. The van der Waals surface area contributed by atoms with Crippen LogP contribution >= 0.6 is 0 Å². The number of nitrogens with one attached hydrogen (secondary N) is 1. The molecule has 0 saturated carbocycles. The summed E-state index contributed by atoms with van der Waals surface area (Å²) in [5.74, 6) is 0.382. The van der Waals surface area contributed by atoms with Gasteiger partial charge in [-0.05, 0) is 40.8 Å².